The van der Waals surface area contributed by atoms with Gasteiger partial charge in [-0.15, -0.1) is 11.3 Å². The van der Waals surface area contributed by atoms with Crippen LogP contribution < -0.4 is 5.32 Å². The number of benzene rings is 1. The zero-order chi connectivity index (χ0) is 19.4. The molecule has 1 aromatic carbocycles. The lowest BCUT2D eigenvalue weighted by Gasteiger charge is -2.13. The molecule has 0 aliphatic heterocycles. The molecule has 0 radical (unpaired) electrons. The molecule has 1 aliphatic rings. The van der Waals surface area contributed by atoms with Crippen LogP contribution in [0.3, 0.4) is 0 Å². The quantitative estimate of drug-likeness (QED) is 0.587. The molecule has 0 spiro atoms. The zero-order valence-electron chi connectivity index (χ0n) is 14.6. The third-order valence-electron chi connectivity index (χ3n) is 4.17. The van der Waals surface area contributed by atoms with E-state index in [1.807, 2.05) is 12.2 Å². The highest BCUT2D eigenvalue weighted by Gasteiger charge is 2.22. The van der Waals surface area contributed by atoms with E-state index < -0.39 is 29.6 Å². The summed E-state index contributed by atoms with van der Waals surface area (Å²) in [5.74, 6) is -2.66. The molecule has 8 heteroatoms. The van der Waals surface area contributed by atoms with Crippen molar-refractivity contribution in [3.63, 3.8) is 0 Å². The molecular weight excluding hydrogens is 374 g/mol. The molecule has 0 saturated heterocycles. The molecule has 2 atom stereocenters. The van der Waals surface area contributed by atoms with Crippen molar-refractivity contribution in [2.24, 2.45) is 5.92 Å². The van der Waals surface area contributed by atoms with E-state index in [0.29, 0.717) is 11.3 Å². The summed E-state index contributed by atoms with van der Waals surface area (Å²) < 4.78 is 31.5. The van der Waals surface area contributed by atoms with Crippen molar-refractivity contribution < 1.29 is 23.1 Å². The minimum absolute atomic E-state index is 0.172. The average Bonchev–Trinajstić information content (AvgIpc) is 3.29. The molecule has 142 valence electrons. The summed E-state index contributed by atoms with van der Waals surface area (Å²) in [7, 11) is 0. The first-order chi connectivity index (χ1) is 12.9. The van der Waals surface area contributed by atoms with Crippen molar-refractivity contribution in [1.29, 1.82) is 0 Å². The highest BCUT2D eigenvalue weighted by Crippen LogP contribution is 2.26. The summed E-state index contributed by atoms with van der Waals surface area (Å²) in [6.45, 7) is 1.49. The molecule has 27 heavy (non-hydrogen) atoms. The first-order valence-corrected chi connectivity index (χ1v) is 9.38. The maximum Gasteiger partial charge on any atom is 0.307 e. The van der Waals surface area contributed by atoms with Crippen LogP contribution in [-0.2, 0) is 14.3 Å². The predicted molar refractivity (Wildman–Crippen MR) is 98.1 cm³/mol. The van der Waals surface area contributed by atoms with Crippen LogP contribution in [-0.4, -0.2) is 23.0 Å². The van der Waals surface area contributed by atoms with Crippen LogP contribution in [0.1, 0.15) is 26.2 Å². The number of nitrogens with one attached hydrogen (secondary N) is 1. The number of carbonyl (C=O) groups excluding carboxylic acids is 2. The van der Waals surface area contributed by atoms with E-state index in [1.165, 1.54) is 13.0 Å². The number of amides is 1. The molecule has 0 bridgehead atoms. The number of halogens is 2. The standard InChI is InChI=1S/C19H18F2N2O3S/c1-11(26-17(24)8-12-4-2-3-5-12)18(25)23-19-22-16(10-27-19)13-6-7-14(20)15(21)9-13/h2,4,6-7,9-12H,3,5,8H2,1H3,(H,22,23,25)/t11-,12-/m1/s1. The number of nitrogens with zero attached hydrogens (tertiary/aromatic N) is 1. The van der Waals surface area contributed by atoms with E-state index in [9.17, 15) is 18.4 Å². The van der Waals surface area contributed by atoms with E-state index in [1.54, 1.807) is 5.38 Å². The third kappa shape index (κ3) is 4.97. The number of ether oxygens (including phenoxy) is 1. The van der Waals surface area contributed by atoms with Crippen molar-refractivity contribution in [3.8, 4) is 11.3 Å². The molecule has 1 aromatic heterocycles. The van der Waals surface area contributed by atoms with E-state index in [2.05, 4.69) is 10.3 Å². The molecule has 1 aliphatic carbocycles. The molecule has 1 heterocycles. The Hall–Kier alpha value is -2.61. The normalized spacial score (nSPS) is 16.9. The lowest BCUT2D eigenvalue weighted by molar-refractivity contribution is -0.153. The molecule has 2 aromatic rings. The average molecular weight is 392 g/mol. The fourth-order valence-corrected chi connectivity index (χ4v) is 3.43. The number of thiazole rings is 1. The third-order valence-corrected chi connectivity index (χ3v) is 4.93. The van der Waals surface area contributed by atoms with Gasteiger partial charge in [0.15, 0.2) is 22.9 Å². The molecule has 0 unspecified atom stereocenters. The fourth-order valence-electron chi connectivity index (χ4n) is 2.70. The van der Waals surface area contributed by atoms with Crippen LogP contribution in [0.4, 0.5) is 13.9 Å². The summed E-state index contributed by atoms with van der Waals surface area (Å²) in [5, 5.41) is 4.46. The highest BCUT2D eigenvalue weighted by molar-refractivity contribution is 7.14. The van der Waals surface area contributed by atoms with Crippen LogP contribution in [0.25, 0.3) is 11.3 Å². The topological polar surface area (TPSA) is 68.3 Å². The van der Waals surface area contributed by atoms with Crippen molar-refractivity contribution in [2.75, 3.05) is 5.32 Å². The number of aromatic nitrogens is 1. The van der Waals surface area contributed by atoms with E-state index in [0.717, 1.165) is 36.3 Å². The van der Waals surface area contributed by atoms with Gasteiger partial charge >= 0.3 is 5.97 Å². The minimum atomic E-state index is -0.969. The number of rotatable bonds is 6. The van der Waals surface area contributed by atoms with Gasteiger partial charge in [-0.05, 0) is 43.9 Å². The molecule has 3 rings (SSSR count). The monoisotopic (exact) mass is 392 g/mol. The molecule has 5 nitrogen and oxygen atoms in total. The van der Waals surface area contributed by atoms with Crippen LogP contribution in [0.5, 0.6) is 0 Å². The Kier molecular flexibility index (Phi) is 5.95. The van der Waals surface area contributed by atoms with Crippen LogP contribution in [0.15, 0.2) is 35.7 Å². The van der Waals surface area contributed by atoms with Gasteiger partial charge in [0.05, 0.1) is 12.1 Å². The van der Waals surface area contributed by atoms with Crippen molar-refractivity contribution in [1.82, 2.24) is 4.98 Å². The zero-order valence-corrected chi connectivity index (χ0v) is 15.4. The number of hydrogen-bond donors (Lipinski definition) is 1. The maximum absolute atomic E-state index is 13.3. The van der Waals surface area contributed by atoms with E-state index in [4.69, 9.17) is 4.74 Å². The Morgan fingerprint density at radius 3 is 2.89 bits per heavy atom. The summed E-state index contributed by atoms with van der Waals surface area (Å²) in [5.41, 5.74) is 0.807. The fraction of sp³-hybridized carbons (Fsp3) is 0.316. The van der Waals surface area contributed by atoms with Crippen LogP contribution >= 0.6 is 11.3 Å². The summed E-state index contributed by atoms with van der Waals surface area (Å²) in [4.78, 5) is 28.3. The Morgan fingerprint density at radius 2 is 2.19 bits per heavy atom. The largest absolute Gasteiger partial charge is 0.453 e. The van der Waals surface area contributed by atoms with Crippen molar-refractivity contribution >= 4 is 28.3 Å². The number of allylic oxidation sites excluding steroid dienone is 2. The molecule has 0 saturated carbocycles. The Balaban J connectivity index is 1.55. The van der Waals surface area contributed by atoms with Crippen LogP contribution in [0, 0.1) is 17.6 Å². The number of hydrogen-bond acceptors (Lipinski definition) is 5. The molecule has 1 amide bonds. The van der Waals surface area contributed by atoms with Gasteiger partial charge in [0, 0.05) is 10.9 Å². The van der Waals surface area contributed by atoms with Crippen LogP contribution in [0.2, 0.25) is 0 Å². The Bertz CT molecular complexity index is 882. The number of carbonyl (C=O) groups is 2. The first kappa shape index (κ1) is 19.2. The Labute approximate surface area is 159 Å². The van der Waals surface area contributed by atoms with Gasteiger partial charge in [0.1, 0.15) is 0 Å². The first-order valence-electron chi connectivity index (χ1n) is 8.50. The van der Waals surface area contributed by atoms with Crippen molar-refractivity contribution in [3.05, 3.63) is 47.4 Å². The van der Waals surface area contributed by atoms with Gasteiger partial charge in [0.2, 0.25) is 0 Å². The molecule has 0 fully saturated rings. The maximum atomic E-state index is 13.3. The van der Waals surface area contributed by atoms with Gasteiger partial charge in [0.25, 0.3) is 5.91 Å². The van der Waals surface area contributed by atoms with Crippen molar-refractivity contribution in [2.45, 2.75) is 32.3 Å². The van der Waals surface area contributed by atoms with Gasteiger partial charge < -0.3 is 4.74 Å². The lowest BCUT2D eigenvalue weighted by atomic mass is 10.1. The Morgan fingerprint density at radius 1 is 1.37 bits per heavy atom. The SMILES string of the molecule is C[C@@H](OC(=O)C[C@@H]1C=CCC1)C(=O)Nc1nc(-c2ccc(F)c(F)c2)cs1. The summed E-state index contributed by atoms with van der Waals surface area (Å²) >= 11 is 1.14. The van der Waals surface area contributed by atoms with Gasteiger partial charge in [-0.1, -0.05) is 12.2 Å². The smallest absolute Gasteiger partial charge is 0.307 e. The second-order valence-corrected chi connectivity index (χ2v) is 7.12. The summed E-state index contributed by atoms with van der Waals surface area (Å²) in [6, 6.07) is 3.46. The van der Waals surface area contributed by atoms with E-state index in [-0.39, 0.29) is 17.5 Å². The predicted octanol–water partition coefficient (Wildman–Crippen LogP) is 4.31. The van der Waals surface area contributed by atoms with Gasteiger partial charge in [-0.25, -0.2) is 13.8 Å². The van der Waals surface area contributed by atoms with E-state index >= 15 is 0 Å². The summed E-state index contributed by atoms with van der Waals surface area (Å²) in [6.07, 6.45) is 5.19. The van der Waals surface area contributed by atoms with Gasteiger partial charge in [-0.2, -0.15) is 0 Å². The number of esters is 1. The highest BCUT2D eigenvalue weighted by atomic mass is 32.1. The lowest BCUT2D eigenvalue weighted by Crippen LogP contribution is -2.30. The minimum Gasteiger partial charge on any atom is -0.453 e. The second kappa shape index (κ2) is 8.39. The molecule has 1 N–H and O–H groups in total. The van der Waals surface area contributed by atoms with Gasteiger partial charge in [-0.3, -0.25) is 14.9 Å². The number of anilines is 1. The second-order valence-electron chi connectivity index (χ2n) is 6.26. The molecular formula is C19H18F2N2O3S.